The molecule has 9 nitrogen and oxygen atoms in total. The van der Waals surface area contributed by atoms with Gasteiger partial charge in [-0.3, -0.25) is 19.3 Å². The number of anilines is 1. The molecule has 3 aromatic rings. The van der Waals surface area contributed by atoms with Crippen molar-refractivity contribution >= 4 is 66.3 Å². The van der Waals surface area contributed by atoms with Crippen molar-refractivity contribution in [1.82, 2.24) is 5.43 Å². The van der Waals surface area contributed by atoms with Gasteiger partial charge in [-0.15, -0.1) is 0 Å². The van der Waals surface area contributed by atoms with Crippen LogP contribution in [0.1, 0.15) is 21.5 Å². The van der Waals surface area contributed by atoms with E-state index < -0.39 is 10.4 Å². The fourth-order valence-electron chi connectivity index (χ4n) is 2.21. The number of nitrogens with zero attached hydrogens (tertiary/aromatic N) is 2. The van der Waals surface area contributed by atoms with Crippen LogP contribution in [-0.4, -0.2) is 35.9 Å². The molecular formula is C21H18Br2N4O5S. The smallest absolute Gasteiger partial charge is 0.279 e. The van der Waals surface area contributed by atoms with Gasteiger partial charge in [0.1, 0.15) is 0 Å². The molecule has 0 saturated carbocycles. The zero-order valence-electron chi connectivity index (χ0n) is 16.8. The molecule has 12 heteroatoms. The molecule has 3 aromatic carbocycles. The summed E-state index contributed by atoms with van der Waals surface area (Å²) in [5, 5.41) is 8.16. The molecule has 1 amide bonds. The van der Waals surface area contributed by atoms with Crippen LogP contribution in [0.15, 0.2) is 91.9 Å². The SMILES string of the molecule is O=C(N/N=C/c1ccc(Br)cc1)c1ccc(N/N=C/c2ccc(Br)cc2)cc1.O=S(=O)(O)O. The summed E-state index contributed by atoms with van der Waals surface area (Å²) >= 11 is 6.77. The lowest BCUT2D eigenvalue weighted by Gasteiger charge is -2.03. The van der Waals surface area contributed by atoms with Crippen molar-refractivity contribution in [3.63, 3.8) is 0 Å². The largest absolute Gasteiger partial charge is 0.394 e. The van der Waals surface area contributed by atoms with Gasteiger partial charge in [0.05, 0.1) is 18.1 Å². The van der Waals surface area contributed by atoms with Crippen LogP contribution in [0.5, 0.6) is 0 Å². The molecule has 0 unspecified atom stereocenters. The van der Waals surface area contributed by atoms with Crippen molar-refractivity contribution in [1.29, 1.82) is 0 Å². The minimum absolute atomic E-state index is 0.279. The van der Waals surface area contributed by atoms with Crippen LogP contribution < -0.4 is 10.9 Å². The molecule has 0 fully saturated rings. The Balaban J connectivity index is 0.000000696. The quantitative estimate of drug-likeness (QED) is 0.183. The number of hydrogen-bond acceptors (Lipinski definition) is 6. The van der Waals surface area contributed by atoms with Gasteiger partial charge in [0.15, 0.2) is 0 Å². The fourth-order valence-corrected chi connectivity index (χ4v) is 2.73. The van der Waals surface area contributed by atoms with E-state index in [1.165, 1.54) is 0 Å². The van der Waals surface area contributed by atoms with E-state index in [0.29, 0.717) is 5.56 Å². The standard InChI is InChI=1S/C21H16Br2N4O.H2O4S/c22-18-7-1-15(2-8-18)13-24-26-20-11-5-17(6-12-20)21(28)27-25-14-16-3-9-19(23)10-4-16;1-5(2,3)4/h1-14,26H,(H,27,28);(H2,1,2,3,4)/b24-13+,25-14+;. The van der Waals surface area contributed by atoms with E-state index in [1.54, 1.807) is 36.7 Å². The van der Waals surface area contributed by atoms with Crippen molar-refractivity contribution in [3.8, 4) is 0 Å². The van der Waals surface area contributed by atoms with Gasteiger partial charge < -0.3 is 0 Å². The monoisotopic (exact) mass is 596 g/mol. The number of rotatable bonds is 6. The van der Waals surface area contributed by atoms with E-state index in [4.69, 9.17) is 17.5 Å². The Hall–Kier alpha value is -2.90. The molecular weight excluding hydrogens is 580 g/mol. The van der Waals surface area contributed by atoms with Crippen LogP contribution in [0, 0.1) is 0 Å². The maximum Gasteiger partial charge on any atom is 0.394 e. The van der Waals surface area contributed by atoms with Crippen LogP contribution in [0.2, 0.25) is 0 Å². The first-order chi connectivity index (χ1) is 15.6. The number of benzene rings is 3. The predicted molar refractivity (Wildman–Crippen MR) is 135 cm³/mol. The normalized spacial score (nSPS) is 11.2. The highest BCUT2D eigenvalue weighted by molar-refractivity contribution is 9.10. The van der Waals surface area contributed by atoms with Crippen molar-refractivity contribution in [2.75, 3.05) is 5.43 Å². The molecule has 0 radical (unpaired) electrons. The molecule has 0 aliphatic heterocycles. The van der Waals surface area contributed by atoms with Crippen LogP contribution in [0.3, 0.4) is 0 Å². The third kappa shape index (κ3) is 11.5. The summed E-state index contributed by atoms with van der Waals surface area (Å²) in [4.78, 5) is 12.1. The number of nitrogens with one attached hydrogen (secondary N) is 2. The average molecular weight is 598 g/mol. The molecule has 4 N–H and O–H groups in total. The molecule has 0 saturated heterocycles. The van der Waals surface area contributed by atoms with E-state index in [2.05, 4.69) is 52.9 Å². The third-order valence-corrected chi connectivity index (χ3v) is 4.73. The molecule has 172 valence electrons. The molecule has 0 aliphatic rings. The predicted octanol–water partition coefficient (Wildman–Crippen LogP) is 4.77. The minimum Gasteiger partial charge on any atom is -0.279 e. The first kappa shape index (κ1) is 26.4. The maximum absolute atomic E-state index is 12.1. The number of carbonyl (C=O) groups excluding carboxylic acids is 1. The Morgan fingerprint density at radius 3 is 1.64 bits per heavy atom. The lowest BCUT2D eigenvalue weighted by Crippen LogP contribution is -2.17. The van der Waals surface area contributed by atoms with Crippen LogP contribution >= 0.6 is 31.9 Å². The Morgan fingerprint density at radius 2 is 1.18 bits per heavy atom. The van der Waals surface area contributed by atoms with Gasteiger partial charge in [0.25, 0.3) is 5.91 Å². The van der Waals surface area contributed by atoms with Crippen molar-refractivity contribution in [3.05, 3.63) is 98.4 Å². The van der Waals surface area contributed by atoms with E-state index in [-0.39, 0.29) is 5.91 Å². The summed E-state index contributed by atoms with van der Waals surface area (Å²) in [5.74, 6) is -0.279. The Bertz CT molecular complexity index is 1210. The summed E-state index contributed by atoms with van der Waals surface area (Å²) < 4.78 is 33.6. The van der Waals surface area contributed by atoms with Crippen molar-refractivity contribution in [2.45, 2.75) is 0 Å². The zero-order valence-corrected chi connectivity index (χ0v) is 20.7. The fraction of sp³-hybridized carbons (Fsp3) is 0. The first-order valence-corrected chi connectivity index (χ1v) is 12.0. The van der Waals surface area contributed by atoms with Crippen LogP contribution in [0.25, 0.3) is 0 Å². The highest BCUT2D eigenvalue weighted by Gasteiger charge is 2.03. The highest BCUT2D eigenvalue weighted by Crippen LogP contribution is 2.11. The maximum atomic E-state index is 12.1. The molecule has 33 heavy (non-hydrogen) atoms. The molecule has 0 spiro atoms. The van der Waals surface area contributed by atoms with Gasteiger partial charge >= 0.3 is 10.4 Å². The lowest BCUT2D eigenvalue weighted by atomic mass is 10.2. The summed E-state index contributed by atoms with van der Waals surface area (Å²) in [6, 6.07) is 22.4. The number of carbonyl (C=O) groups is 1. The summed E-state index contributed by atoms with van der Waals surface area (Å²) in [7, 11) is -4.67. The topological polar surface area (TPSA) is 140 Å². The third-order valence-electron chi connectivity index (χ3n) is 3.67. The first-order valence-electron chi connectivity index (χ1n) is 9.04. The van der Waals surface area contributed by atoms with Gasteiger partial charge in [-0.05, 0) is 59.7 Å². The number of hydrogen-bond donors (Lipinski definition) is 4. The van der Waals surface area contributed by atoms with Gasteiger partial charge in [-0.1, -0.05) is 56.1 Å². The van der Waals surface area contributed by atoms with E-state index in [1.807, 2.05) is 48.5 Å². The molecule has 0 bridgehead atoms. The van der Waals surface area contributed by atoms with E-state index in [9.17, 15) is 4.79 Å². The summed E-state index contributed by atoms with van der Waals surface area (Å²) in [6.45, 7) is 0. The zero-order chi connectivity index (χ0) is 24.3. The second-order valence-corrected chi connectivity index (χ2v) is 8.92. The number of halogens is 2. The Labute approximate surface area is 207 Å². The highest BCUT2D eigenvalue weighted by atomic mass is 79.9. The average Bonchev–Trinajstić information content (AvgIpc) is 2.76. The molecule has 0 aromatic heterocycles. The van der Waals surface area contributed by atoms with Crippen molar-refractivity contribution < 1.29 is 22.3 Å². The van der Waals surface area contributed by atoms with Gasteiger partial charge in [-0.2, -0.15) is 18.6 Å². The van der Waals surface area contributed by atoms with E-state index >= 15 is 0 Å². The van der Waals surface area contributed by atoms with Crippen molar-refractivity contribution in [2.24, 2.45) is 10.2 Å². The lowest BCUT2D eigenvalue weighted by molar-refractivity contribution is 0.0955. The molecule has 0 aliphatic carbocycles. The number of hydrazone groups is 2. The second-order valence-electron chi connectivity index (χ2n) is 6.20. The van der Waals surface area contributed by atoms with Crippen LogP contribution in [0.4, 0.5) is 5.69 Å². The molecule has 0 atom stereocenters. The van der Waals surface area contributed by atoms with E-state index in [0.717, 1.165) is 25.8 Å². The molecule has 3 rings (SSSR count). The van der Waals surface area contributed by atoms with Gasteiger partial charge in [-0.25, -0.2) is 5.43 Å². The second kappa shape index (κ2) is 13.0. The Kier molecular flexibility index (Phi) is 10.4. The Morgan fingerprint density at radius 1 is 0.758 bits per heavy atom. The van der Waals surface area contributed by atoms with Gasteiger partial charge in [0, 0.05) is 14.5 Å². The molecule has 0 heterocycles. The number of amides is 1. The van der Waals surface area contributed by atoms with Gasteiger partial charge in [0.2, 0.25) is 0 Å². The summed E-state index contributed by atoms with van der Waals surface area (Å²) in [6.07, 6.45) is 3.32. The minimum atomic E-state index is -4.67. The van der Waals surface area contributed by atoms with Crippen LogP contribution in [-0.2, 0) is 10.4 Å². The summed E-state index contributed by atoms with van der Waals surface area (Å²) in [5.41, 5.74) is 8.62.